The first kappa shape index (κ1) is 18.0. The minimum atomic E-state index is -4.72. The Morgan fingerprint density at radius 1 is 1.50 bits per heavy atom. The monoisotopic (exact) mass is 362 g/mol. The van der Waals surface area contributed by atoms with Crippen LogP contribution in [0.15, 0.2) is 11.4 Å². The summed E-state index contributed by atoms with van der Waals surface area (Å²) in [5.74, 6) is 0. The number of nitrogens with zero attached hydrogens (tertiary/aromatic N) is 6. The van der Waals surface area contributed by atoms with Gasteiger partial charge in [0.2, 0.25) is 0 Å². The maximum absolute atomic E-state index is 11.9. The van der Waals surface area contributed by atoms with Crippen LogP contribution in [-0.2, 0) is 28.3 Å². The lowest BCUT2D eigenvalue weighted by molar-refractivity contribution is -0.0316. The van der Waals surface area contributed by atoms with Gasteiger partial charge in [0.05, 0.1) is 25.0 Å². The molecule has 2 bridgehead atoms. The van der Waals surface area contributed by atoms with Gasteiger partial charge in [0.15, 0.2) is 0 Å². The van der Waals surface area contributed by atoms with E-state index in [-0.39, 0.29) is 0 Å². The molecule has 2 amide bonds. The highest BCUT2D eigenvalue weighted by Crippen LogP contribution is 2.37. The molecular formula is C11H18N6O6S. The van der Waals surface area contributed by atoms with Gasteiger partial charge in [0.25, 0.3) is 0 Å². The predicted octanol–water partition coefficient (Wildman–Crippen LogP) is -0.588. The first-order chi connectivity index (χ1) is 11.1. The van der Waals surface area contributed by atoms with Crippen LogP contribution in [0, 0.1) is 0 Å². The second-order valence-corrected chi connectivity index (χ2v) is 6.38. The Labute approximate surface area is 138 Å². The fraction of sp³-hybridized carbons (Fsp3) is 0.545. The number of amides is 2. The number of urea groups is 1. The molecule has 3 rings (SSSR count). The second kappa shape index (κ2) is 6.62. The van der Waals surface area contributed by atoms with E-state index in [1.54, 1.807) is 36.9 Å². The van der Waals surface area contributed by atoms with Crippen molar-refractivity contribution in [2.45, 2.75) is 12.6 Å². The molecule has 0 aromatic carbocycles. The van der Waals surface area contributed by atoms with Crippen LogP contribution in [0.4, 0.5) is 4.79 Å². The molecule has 12 nitrogen and oxygen atoms in total. The molecule has 1 aromatic heterocycles. The summed E-state index contributed by atoms with van der Waals surface area (Å²) in [4.78, 5) is 14.9. The fourth-order valence-electron chi connectivity index (χ4n) is 2.41. The number of hydroxylamine groups is 2. The lowest BCUT2D eigenvalue weighted by Crippen LogP contribution is -2.32. The first-order valence-corrected chi connectivity index (χ1v) is 8.10. The average Bonchev–Trinajstić information content (AvgIpc) is 2.94. The van der Waals surface area contributed by atoms with E-state index in [0.29, 0.717) is 18.2 Å². The number of aryl methyl sites for hydroxylation is 1. The van der Waals surface area contributed by atoms with Gasteiger partial charge in [0, 0.05) is 26.7 Å². The van der Waals surface area contributed by atoms with Crippen molar-refractivity contribution >= 4 is 22.8 Å². The zero-order valence-corrected chi connectivity index (χ0v) is 14.1. The minimum absolute atomic E-state index is 0.313. The number of carbonyl (C=O) groups excluding carboxylic acids is 1. The minimum Gasteiger partial charge on any atom is -0.410 e. The Morgan fingerprint density at radius 2 is 2.17 bits per heavy atom. The van der Waals surface area contributed by atoms with Gasteiger partial charge in [-0.1, -0.05) is 5.16 Å². The molecular weight excluding hydrogens is 344 g/mol. The summed E-state index contributed by atoms with van der Waals surface area (Å²) >= 11 is 0. The first-order valence-electron chi connectivity index (χ1n) is 6.74. The van der Waals surface area contributed by atoms with Crippen molar-refractivity contribution in [3.63, 3.8) is 0 Å². The van der Waals surface area contributed by atoms with Gasteiger partial charge in [-0.25, -0.2) is 4.79 Å². The number of hydrogen-bond acceptors (Lipinski definition) is 7. The summed E-state index contributed by atoms with van der Waals surface area (Å²) < 4.78 is 36.1. The van der Waals surface area contributed by atoms with Gasteiger partial charge >= 0.3 is 16.4 Å². The van der Waals surface area contributed by atoms with Crippen molar-refractivity contribution in [1.29, 1.82) is 0 Å². The van der Waals surface area contributed by atoms with Crippen LogP contribution in [0.1, 0.15) is 17.3 Å². The molecule has 2 aliphatic heterocycles. The Morgan fingerprint density at radius 3 is 2.67 bits per heavy atom. The second-order valence-electron chi connectivity index (χ2n) is 5.37. The topological polar surface area (TPSA) is 141 Å². The largest absolute Gasteiger partial charge is 0.418 e. The molecule has 0 spiro atoms. The predicted molar refractivity (Wildman–Crippen MR) is 80.2 cm³/mol. The van der Waals surface area contributed by atoms with E-state index in [0.717, 1.165) is 11.3 Å². The number of carbonyl (C=O) groups is 1. The van der Waals surface area contributed by atoms with Crippen LogP contribution in [-0.4, -0.2) is 75.8 Å². The lowest BCUT2D eigenvalue weighted by Gasteiger charge is -2.21. The third-order valence-electron chi connectivity index (χ3n) is 3.39. The van der Waals surface area contributed by atoms with Crippen molar-refractivity contribution in [3.8, 4) is 0 Å². The number of oxime groups is 1. The maximum atomic E-state index is 11.9. The van der Waals surface area contributed by atoms with E-state index in [1.165, 1.54) is 11.2 Å². The smallest absolute Gasteiger partial charge is 0.410 e. The summed E-state index contributed by atoms with van der Waals surface area (Å²) in [7, 11) is 0.571. The van der Waals surface area contributed by atoms with E-state index in [9.17, 15) is 13.2 Å². The molecule has 1 saturated heterocycles. The molecule has 0 radical (unpaired) electrons. The van der Waals surface area contributed by atoms with E-state index in [1.807, 2.05) is 0 Å². The Hall–Kier alpha value is -2.38. The van der Waals surface area contributed by atoms with Gasteiger partial charge in [-0.2, -0.15) is 18.6 Å². The zero-order valence-electron chi connectivity index (χ0n) is 13.3. The quantitative estimate of drug-likeness (QED) is 0.239. The highest BCUT2D eigenvalue weighted by atomic mass is 32.3. The highest BCUT2D eigenvalue weighted by molar-refractivity contribution is 7.80. The van der Waals surface area contributed by atoms with Crippen molar-refractivity contribution in [2.24, 2.45) is 12.2 Å². The molecule has 1 fully saturated rings. The number of aromatic nitrogens is 2. The Balaban J connectivity index is 0.000000301. The van der Waals surface area contributed by atoms with Gasteiger partial charge in [-0.15, -0.1) is 4.28 Å². The molecule has 1 unspecified atom stereocenters. The van der Waals surface area contributed by atoms with E-state index in [2.05, 4.69) is 14.5 Å². The van der Waals surface area contributed by atoms with Crippen LogP contribution in [0.2, 0.25) is 0 Å². The van der Waals surface area contributed by atoms with E-state index in [4.69, 9.17) is 9.76 Å². The summed E-state index contributed by atoms with van der Waals surface area (Å²) in [6.07, 6.45) is 2.87. The Kier molecular flexibility index (Phi) is 4.96. The molecule has 0 saturated carbocycles. The van der Waals surface area contributed by atoms with Crippen molar-refractivity contribution in [2.75, 3.05) is 20.6 Å². The molecule has 2 aliphatic rings. The molecule has 0 aliphatic carbocycles. The van der Waals surface area contributed by atoms with Gasteiger partial charge < -0.3 is 15.0 Å². The van der Waals surface area contributed by atoms with Crippen molar-refractivity contribution in [1.82, 2.24) is 24.6 Å². The SMILES string of the molecule is CN(C)/C=N\O.Cn1ncc2c1CN1CC2N(OS(=O)(=O)O)C1=O. The van der Waals surface area contributed by atoms with E-state index >= 15 is 0 Å². The zero-order chi connectivity index (χ0) is 18.1. The van der Waals surface area contributed by atoms with Crippen molar-refractivity contribution in [3.05, 3.63) is 17.5 Å². The third kappa shape index (κ3) is 3.74. The van der Waals surface area contributed by atoms with E-state index < -0.39 is 22.5 Å². The summed E-state index contributed by atoms with van der Waals surface area (Å²) in [5, 5.41) is 15.2. The third-order valence-corrected chi connectivity index (χ3v) is 3.74. The number of fused-ring (bicyclic) bond motifs is 4. The standard InChI is InChI=1S/C8H10N4O5S.C3H8N2O/c1-10-6-3-11-4-7(5(6)2-9-10)12(8(11)13)17-18(14,15)16;1-5(2)3-4-6/h2,7H,3-4H2,1H3,(H,14,15,16);3,6H,1-2H3/b;4-3-. The molecule has 1 atom stereocenters. The molecule has 2 N–H and O–H groups in total. The Bertz CT molecular complexity index is 744. The van der Waals surface area contributed by atoms with Crippen LogP contribution < -0.4 is 0 Å². The summed E-state index contributed by atoms with van der Waals surface area (Å²) in [6.45, 7) is 0.652. The highest BCUT2D eigenvalue weighted by Gasteiger charge is 2.47. The molecule has 134 valence electrons. The normalized spacial score (nSPS) is 19.3. The van der Waals surface area contributed by atoms with Gasteiger partial charge in [-0.3, -0.25) is 9.23 Å². The van der Waals surface area contributed by atoms with Crippen molar-refractivity contribution < 1.29 is 27.3 Å². The lowest BCUT2D eigenvalue weighted by atomic mass is 10.1. The molecule has 24 heavy (non-hydrogen) atoms. The molecule has 3 heterocycles. The number of rotatable bonds is 3. The average molecular weight is 362 g/mol. The van der Waals surface area contributed by atoms with Crippen LogP contribution in [0.25, 0.3) is 0 Å². The molecule has 13 heteroatoms. The van der Waals surface area contributed by atoms with Crippen LogP contribution in [0.3, 0.4) is 0 Å². The fourth-order valence-corrected chi connectivity index (χ4v) is 2.78. The van der Waals surface area contributed by atoms with Gasteiger partial charge in [0.1, 0.15) is 12.4 Å². The van der Waals surface area contributed by atoms with Crippen LogP contribution in [0.5, 0.6) is 0 Å². The van der Waals surface area contributed by atoms with Gasteiger partial charge in [-0.05, 0) is 0 Å². The maximum Gasteiger partial charge on any atom is 0.418 e. The number of hydrogen-bond donors (Lipinski definition) is 2. The summed E-state index contributed by atoms with van der Waals surface area (Å²) in [6, 6.07) is -1.16. The van der Waals surface area contributed by atoms with Crippen LogP contribution >= 0.6 is 0 Å². The molecule has 1 aromatic rings. The summed E-state index contributed by atoms with van der Waals surface area (Å²) in [5.41, 5.74) is 1.55.